The third-order valence-electron chi connectivity index (χ3n) is 5.02. The number of amides is 1. The summed E-state index contributed by atoms with van der Waals surface area (Å²) in [5, 5.41) is 7.53. The molecule has 0 saturated heterocycles. The Bertz CT molecular complexity index is 1370. The zero-order chi connectivity index (χ0) is 22.8. The molecule has 164 valence electrons. The van der Waals surface area contributed by atoms with Gasteiger partial charge in [-0.05, 0) is 50.1 Å². The van der Waals surface area contributed by atoms with E-state index >= 15 is 0 Å². The van der Waals surface area contributed by atoms with Crippen LogP contribution in [0.2, 0.25) is 5.02 Å². The summed E-state index contributed by atoms with van der Waals surface area (Å²) in [6.07, 6.45) is 0.518. The highest BCUT2D eigenvalue weighted by molar-refractivity contribution is 8.00. The number of benzene rings is 2. The number of rotatable bonds is 6. The number of carbonyl (C=O) groups excluding carboxylic acids is 1. The molecule has 2 aromatic heterocycles. The number of fused-ring (bicyclic) bond motifs is 1. The van der Waals surface area contributed by atoms with Crippen molar-refractivity contribution in [1.29, 1.82) is 0 Å². The molecule has 0 radical (unpaired) electrons. The Kier molecular flexibility index (Phi) is 6.34. The maximum absolute atomic E-state index is 13.5. The molecule has 1 N–H and O–H groups in total. The van der Waals surface area contributed by atoms with Crippen molar-refractivity contribution in [3.8, 4) is 5.69 Å². The van der Waals surface area contributed by atoms with Crippen LogP contribution >= 0.6 is 23.4 Å². The Morgan fingerprint density at radius 2 is 2.00 bits per heavy atom. The molecule has 0 fully saturated rings. The van der Waals surface area contributed by atoms with Crippen molar-refractivity contribution in [2.45, 2.75) is 37.6 Å². The fraction of sp³-hybridized carbons (Fsp3) is 0.217. The second-order valence-corrected chi connectivity index (χ2v) is 8.84. The molecule has 0 saturated carbocycles. The third-order valence-corrected chi connectivity index (χ3v) is 6.74. The fourth-order valence-corrected chi connectivity index (χ4v) is 4.52. The van der Waals surface area contributed by atoms with E-state index in [1.54, 1.807) is 43.3 Å². The number of para-hydroxylation sites is 1. The smallest absolute Gasteiger partial charge is 0.266 e. The average molecular weight is 469 g/mol. The molecule has 7 nitrogen and oxygen atoms in total. The minimum absolute atomic E-state index is 0.217. The Labute approximate surface area is 193 Å². The Morgan fingerprint density at radius 3 is 2.72 bits per heavy atom. The maximum atomic E-state index is 13.5. The van der Waals surface area contributed by atoms with Crippen molar-refractivity contribution in [1.82, 2.24) is 14.7 Å². The summed E-state index contributed by atoms with van der Waals surface area (Å²) in [4.78, 5) is 31.1. The van der Waals surface area contributed by atoms with E-state index in [9.17, 15) is 9.59 Å². The number of nitrogens with zero attached hydrogens (tertiary/aromatic N) is 3. The van der Waals surface area contributed by atoms with E-state index in [1.807, 2.05) is 26.0 Å². The van der Waals surface area contributed by atoms with Crippen molar-refractivity contribution < 1.29 is 9.32 Å². The first kappa shape index (κ1) is 22.1. The first-order valence-electron chi connectivity index (χ1n) is 10.1. The van der Waals surface area contributed by atoms with Gasteiger partial charge in [-0.3, -0.25) is 14.2 Å². The molecule has 0 bridgehead atoms. The minimum Gasteiger partial charge on any atom is -0.360 e. The fourth-order valence-electron chi connectivity index (χ4n) is 3.32. The van der Waals surface area contributed by atoms with Gasteiger partial charge in [0.2, 0.25) is 5.91 Å². The van der Waals surface area contributed by atoms with Crippen LogP contribution in [0.3, 0.4) is 0 Å². The lowest BCUT2D eigenvalue weighted by Crippen LogP contribution is -2.28. The standard InChI is InChI=1S/C23H21ClN4O3S/c1-4-19(21(29)26-20-12-13(2)31-27-20)32-23-25-17-10-6-5-8-15(17)22(30)28(23)18-11-7-9-16(24)14(18)3/h5-12,19H,4H2,1-3H3,(H,26,27,29). The number of halogens is 1. The lowest BCUT2D eigenvalue weighted by Gasteiger charge is -2.19. The molecule has 0 spiro atoms. The van der Waals surface area contributed by atoms with Gasteiger partial charge in [-0.2, -0.15) is 0 Å². The number of nitrogens with one attached hydrogen (secondary N) is 1. The SMILES string of the molecule is CCC(Sc1nc2ccccc2c(=O)n1-c1cccc(Cl)c1C)C(=O)Nc1cc(C)on1. The van der Waals surface area contributed by atoms with Gasteiger partial charge in [0.25, 0.3) is 5.56 Å². The first-order valence-corrected chi connectivity index (χ1v) is 11.3. The molecule has 1 atom stereocenters. The summed E-state index contributed by atoms with van der Waals surface area (Å²) in [5.74, 6) is 0.700. The lowest BCUT2D eigenvalue weighted by molar-refractivity contribution is -0.115. The summed E-state index contributed by atoms with van der Waals surface area (Å²) in [6, 6.07) is 14.2. The molecule has 2 heterocycles. The highest BCUT2D eigenvalue weighted by Crippen LogP contribution is 2.30. The molecule has 4 aromatic rings. The van der Waals surface area contributed by atoms with E-state index in [-0.39, 0.29) is 11.5 Å². The van der Waals surface area contributed by atoms with Gasteiger partial charge in [0.15, 0.2) is 11.0 Å². The highest BCUT2D eigenvalue weighted by Gasteiger charge is 2.24. The van der Waals surface area contributed by atoms with Gasteiger partial charge >= 0.3 is 0 Å². The topological polar surface area (TPSA) is 90.0 Å². The molecule has 0 aliphatic heterocycles. The molecule has 1 unspecified atom stereocenters. The lowest BCUT2D eigenvalue weighted by atomic mass is 10.2. The number of thioether (sulfide) groups is 1. The van der Waals surface area contributed by atoms with Crippen molar-refractivity contribution in [3.63, 3.8) is 0 Å². The summed E-state index contributed by atoms with van der Waals surface area (Å²) in [7, 11) is 0. The van der Waals surface area contributed by atoms with E-state index in [4.69, 9.17) is 21.1 Å². The van der Waals surface area contributed by atoms with Crippen LogP contribution in [-0.4, -0.2) is 25.9 Å². The molecule has 1 amide bonds. The number of aromatic nitrogens is 3. The van der Waals surface area contributed by atoms with Gasteiger partial charge in [-0.1, -0.05) is 53.6 Å². The molecular formula is C23H21ClN4O3S. The monoisotopic (exact) mass is 468 g/mol. The molecule has 32 heavy (non-hydrogen) atoms. The second kappa shape index (κ2) is 9.18. The van der Waals surface area contributed by atoms with Crippen LogP contribution in [0, 0.1) is 13.8 Å². The quantitative estimate of drug-likeness (QED) is 0.311. The van der Waals surface area contributed by atoms with E-state index < -0.39 is 5.25 Å². The van der Waals surface area contributed by atoms with Crippen LogP contribution in [0.5, 0.6) is 0 Å². The number of hydrogen-bond acceptors (Lipinski definition) is 6. The predicted molar refractivity (Wildman–Crippen MR) is 127 cm³/mol. The van der Waals surface area contributed by atoms with Crippen LogP contribution in [0.25, 0.3) is 16.6 Å². The number of anilines is 1. The van der Waals surface area contributed by atoms with Crippen LogP contribution in [0.1, 0.15) is 24.7 Å². The van der Waals surface area contributed by atoms with Gasteiger partial charge < -0.3 is 9.84 Å². The predicted octanol–water partition coefficient (Wildman–Crippen LogP) is 5.15. The van der Waals surface area contributed by atoms with Crippen LogP contribution in [-0.2, 0) is 4.79 Å². The largest absolute Gasteiger partial charge is 0.360 e. The maximum Gasteiger partial charge on any atom is 0.266 e. The molecule has 2 aromatic carbocycles. The van der Waals surface area contributed by atoms with E-state index in [2.05, 4.69) is 10.5 Å². The number of carbonyl (C=O) groups is 1. The van der Waals surface area contributed by atoms with E-state index in [1.165, 1.54) is 16.3 Å². The van der Waals surface area contributed by atoms with Crippen LogP contribution in [0.15, 0.2) is 63.0 Å². The van der Waals surface area contributed by atoms with E-state index in [0.29, 0.717) is 44.8 Å². The number of hydrogen-bond donors (Lipinski definition) is 1. The highest BCUT2D eigenvalue weighted by atomic mass is 35.5. The van der Waals surface area contributed by atoms with Crippen molar-refractivity contribution in [3.05, 3.63) is 75.2 Å². The normalized spacial score (nSPS) is 12.1. The van der Waals surface area contributed by atoms with Gasteiger partial charge in [0.1, 0.15) is 5.76 Å². The van der Waals surface area contributed by atoms with Crippen molar-refractivity contribution in [2.24, 2.45) is 0 Å². The Hall–Kier alpha value is -3.10. The zero-order valence-corrected chi connectivity index (χ0v) is 19.3. The zero-order valence-electron chi connectivity index (χ0n) is 17.8. The second-order valence-electron chi connectivity index (χ2n) is 7.26. The molecular weight excluding hydrogens is 448 g/mol. The van der Waals surface area contributed by atoms with Gasteiger partial charge in [-0.15, -0.1) is 0 Å². The van der Waals surface area contributed by atoms with Crippen molar-refractivity contribution >= 4 is 46.0 Å². The first-order chi connectivity index (χ1) is 15.4. The van der Waals surface area contributed by atoms with E-state index in [0.717, 1.165) is 5.56 Å². The number of aryl methyl sites for hydroxylation is 1. The van der Waals surface area contributed by atoms with Crippen LogP contribution in [0.4, 0.5) is 5.82 Å². The van der Waals surface area contributed by atoms with Gasteiger partial charge in [0.05, 0.1) is 21.8 Å². The minimum atomic E-state index is -0.509. The molecule has 0 aliphatic rings. The summed E-state index contributed by atoms with van der Waals surface area (Å²) < 4.78 is 6.55. The average Bonchev–Trinajstić information content (AvgIpc) is 3.19. The molecule has 9 heteroatoms. The summed E-state index contributed by atoms with van der Waals surface area (Å²) in [5.41, 5.74) is 1.74. The Morgan fingerprint density at radius 1 is 1.22 bits per heavy atom. The Balaban J connectivity index is 1.80. The van der Waals surface area contributed by atoms with Crippen LogP contribution < -0.4 is 10.9 Å². The molecule has 4 rings (SSSR count). The molecule has 0 aliphatic carbocycles. The summed E-state index contributed by atoms with van der Waals surface area (Å²) in [6.45, 7) is 5.50. The summed E-state index contributed by atoms with van der Waals surface area (Å²) >= 11 is 7.57. The van der Waals surface area contributed by atoms with Crippen molar-refractivity contribution in [2.75, 3.05) is 5.32 Å². The van der Waals surface area contributed by atoms with Gasteiger partial charge in [-0.25, -0.2) is 4.98 Å². The van der Waals surface area contributed by atoms with Gasteiger partial charge in [0, 0.05) is 11.1 Å². The third kappa shape index (κ3) is 4.28.